The highest BCUT2D eigenvalue weighted by molar-refractivity contribution is 6.32. The number of carbonyl (C=O) groups excluding carboxylic acids is 1. The topological polar surface area (TPSA) is 90.9 Å². The molecule has 2 aromatic carbocycles. The maximum Gasteiger partial charge on any atom is 0.262 e. The van der Waals surface area contributed by atoms with Gasteiger partial charge in [-0.1, -0.05) is 17.7 Å². The molecule has 1 N–H and O–H groups in total. The minimum Gasteiger partial charge on any atom is -0.495 e. The summed E-state index contributed by atoms with van der Waals surface area (Å²) in [4.78, 5) is 25.7. The van der Waals surface area contributed by atoms with Crippen molar-refractivity contribution in [2.75, 3.05) is 19.0 Å². The molecule has 2 aromatic heterocycles. The molecule has 0 aliphatic carbocycles. The van der Waals surface area contributed by atoms with E-state index in [9.17, 15) is 9.59 Å². The van der Waals surface area contributed by atoms with E-state index in [2.05, 4.69) is 5.32 Å². The fourth-order valence-electron chi connectivity index (χ4n) is 3.41. The molecule has 0 aliphatic rings. The second-order valence-corrected chi connectivity index (χ2v) is 7.62. The first-order valence-electron chi connectivity index (χ1n) is 9.75. The number of hydrogen-bond donors (Lipinski definition) is 1. The van der Waals surface area contributed by atoms with Crippen molar-refractivity contribution in [3.8, 4) is 23.0 Å². The molecule has 0 saturated carbocycles. The minimum absolute atomic E-state index is 0.0969. The third-order valence-corrected chi connectivity index (χ3v) is 5.10. The second-order valence-electron chi connectivity index (χ2n) is 7.21. The molecule has 0 atom stereocenters. The van der Waals surface area contributed by atoms with Crippen molar-refractivity contribution in [2.24, 2.45) is 0 Å². The lowest BCUT2D eigenvalue weighted by Crippen LogP contribution is -2.22. The van der Waals surface area contributed by atoms with Crippen LogP contribution in [-0.4, -0.2) is 19.6 Å². The number of carbonyl (C=O) groups is 1. The summed E-state index contributed by atoms with van der Waals surface area (Å²) in [6.07, 6.45) is 1.46. The van der Waals surface area contributed by atoms with E-state index in [1.165, 1.54) is 13.4 Å². The maximum absolute atomic E-state index is 13.2. The van der Waals surface area contributed by atoms with Crippen LogP contribution in [0.2, 0.25) is 5.02 Å². The summed E-state index contributed by atoms with van der Waals surface area (Å²) in [5.74, 6) is 0.362. The van der Waals surface area contributed by atoms with E-state index in [4.69, 9.17) is 29.9 Å². The number of furan rings is 1. The number of fused-ring (bicyclic) bond motifs is 1. The Hall–Kier alpha value is -3.71. The molecule has 1 amide bonds. The number of anilines is 1. The van der Waals surface area contributed by atoms with Gasteiger partial charge >= 0.3 is 0 Å². The number of benzene rings is 2. The van der Waals surface area contributed by atoms with Gasteiger partial charge in [-0.15, -0.1) is 0 Å². The smallest absolute Gasteiger partial charge is 0.262 e. The Morgan fingerprint density at radius 2 is 1.97 bits per heavy atom. The van der Waals surface area contributed by atoms with Gasteiger partial charge in [-0.25, -0.2) is 0 Å². The van der Waals surface area contributed by atoms with Crippen molar-refractivity contribution in [2.45, 2.75) is 13.8 Å². The van der Waals surface area contributed by atoms with Gasteiger partial charge in [0.1, 0.15) is 11.3 Å². The summed E-state index contributed by atoms with van der Waals surface area (Å²) in [5.41, 5.74) is 2.24. The maximum atomic E-state index is 13.2. The molecule has 0 fully saturated rings. The number of rotatable bonds is 6. The van der Waals surface area contributed by atoms with Crippen molar-refractivity contribution in [1.29, 1.82) is 0 Å². The first-order valence-corrected chi connectivity index (χ1v) is 10.1. The Labute approximate surface area is 188 Å². The van der Waals surface area contributed by atoms with E-state index in [1.807, 2.05) is 19.9 Å². The van der Waals surface area contributed by atoms with Crippen LogP contribution in [0.1, 0.15) is 11.1 Å². The molecule has 0 unspecified atom stereocenters. The normalized spacial score (nSPS) is 10.9. The zero-order valence-corrected chi connectivity index (χ0v) is 18.4. The minimum atomic E-state index is -0.475. The van der Waals surface area contributed by atoms with Crippen LogP contribution in [-0.2, 0) is 4.79 Å². The van der Waals surface area contributed by atoms with Crippen LogP contribution >= 0.6 is 11.6 Å². The van der Waals surface area contributed by atoms with E-state index in [1.54, 1.807) is 36.4 Å². The molecule has 7 nitrogen and oxygen atoms in total. The summed E-state index contributed by atoms with van der Waals surface area (Å²) in [6, 6.07) is 11.8. The van der Waals surface area contributed by atoms with Gasteiger partial charge < -0.3 is 23.6 Å². The zero-order valence-electron chi connectivity index (χ0n) is 17.7. The van der Waals surface area contributed by atoms with Crippen LogP contribution in [0.3, 0.4) is 0 Å². The van der Waals surface area contributed by atoms with Gasteiger partial charge in [0.25, 0.3) is 5.91 Å². The number of hydrogen-bond acceptors (Lipinski definition) is 6. The summed E-state index contributed by atoms with van der Waals surface area (Å²) >= 11 is 6.09. The lowest BCUT2D eigenvalue weighted by molar-refractivity contribution is -0.118. The molecule has 4 aromatic rings. The largest absolute Gasteiger partial charge is 0.495 e. The highest BCUT2D eigenvalue weighted by Crippen LogP contribution is 2.33. The van der Waals surface area contributed by atoms with E-state index in [0.717, 1.165) is 11.1 Å². The molecule has 2 heterocycles. The van der Waals surface area contributed by atoms with Gasteiger partial charge in [0, 0.05) is 5.69 Å². The van der Waals surface area contributed by atoms with Crippen LogP contribution in [0.4, 0.5) is 5.69 Å². The molecule has 0 saturated heterocycles. The van der Waals surface area contributed by atoms with Gasteiger partial charge in [-0.2, -0.15) is 0 Å². The van der Waals surface area contributed by atoms with E-state index in [0.29, 0.717) is 33.2 Å². The summed E-state index contributed by atoms with van der Waals surface area (Å²) in [7, 11) is 1.50. The quantitative estimate of drug-likeness (QED) is 0.423. The van der Waals surface area contributed by atoms with Gasteiger partial charge in [0.2, 0.25) is 16.9 Å². The lowest BCUT2D eigenvalue weighted by Gasteiger charge is -2.12. The van der Waals surface area contributed by atoms with E-state index < -0.39 is 12.5 Å². The molecule has 0 radical (unpaired) electrons. The number of halogens is 1. The highest BCUT2D eigenvalue weighted by atomic mass is 35.5. The molecule has 0 aliphatic heterocycles. The van der Waals surface area contributed by atoms with Crippen molar-refractivity contribution >= 4 is 34.2 Å². The van der Waals surface area contributed by atoms with Crippen molar-refractivity contribution in [3.05, 3.63) is 75.1 Å². The molecule has 4 rings (SSSR count). The molecular formula is C24H20ClNO6. The van der Waals surface area contributed by atoms with E-state index >= 15 is 0 Å². The molecular weight excluding hydrogens is 434 g/mol. The van der Waals surface area contributed by atoms with Crippen molar-refractivity contribution < 1.29 is 23.1 Å². The van der Waals surface area contributed by atoms with Crippen LogP contribution in [0.25, 0.3) is 22.5 Å². The molecule has 32 heavy (non-hydrogen) atoms. The fourth-order valence-corrected chi connectivity index (χ4v) is 3.67. The predicted molar refractivity (Wildman–Crippen MR) is 122 cm³/mol. The zero-order chi connectivity index (χ0) is 22.8. The molecule has 0 spiro atoms. The Morgan fingerprint density at radius 1 is 1.16 bits per heavy atom. The Kier molecular flexibility index (Phi) is 5.92. The summed E-state index contributed by atoms with van der Waals surface area (Å²) in [6.45, 7) is 3.33. The summed E-state index contributed by atoms with van der Waals surface area (Å²) < 4.78 is 22.2. The first-order chi connectivity index (χ1) is 15.4. The lowest BCUT2D eigenvalue weighted by atomic mass is 10.1. The third kappa shape index (κ3) is 4.20. The molecule has 0 bridgehead atoms. The van der Waals surface area contributed by atoms with Gasteiger partial charge in [0.15, 0.2) is 12.4 Å². The molecule has 164 valence electrons. The van der Waals surface area contributed by atoms with Gasteiger partial charge in [0.05, 0.1) is 23.8 Å². The number of methoxy groups -OCH3 is 1. The third-order valence-electron chi connectivity index (χ3n) is 4.81. The monoisotopic (exact) mass is 453 g/mol. The number of ether oxygens (including phenoxy) is 2. The SMILES string of the molecule is COc1ccc(NC(=O)COc2c(-c3ccco3)oc3c(C)cc(C)cc3c2=O)cc1Cl. The van der Waals surface area contributed by atoms with Crippen LogP contribution in [0.15, 0.2) is 62.4 Å². The van der Waals surface area contributed by atoms with Crippen LogP contribution in [0, 0.1) is 13.8 Å². The number of amides is 1. The number of aryl methyl sites for hydroxylation is 2. The van der Waals surface area contributed by atoms with E-state index in [-0.39, 0.29) is 16.9 Å². The standard InChI is InChI=1S/C24H20ClNO6/c1-13-9-14(2)22-16(10-13)21(28)24(23(32-22)19-5-4-8-30-19)31-12-20(27)26-15-6-7-18(29-3)17(25)11-15/h4-11H,12H2,1-3H3,(H,26,27). The van der Waals surface area contributed by atoms with Crippen molar-refractivity contribution in [1.82, 2.24) is 0 Å². The highest BCUT2D eigenvalue weighted by Gasteiger charge is 2.21. The Bertz CT molecular complexity index is 1360. The second kappa shape index (κ2) is 8.80. The average Bonchev–Trinajstić information content (AvgIpc) is 3.28. The van der Waals surface area contributed by atoms with Gasteiger partial charge in [-0.05, 0) is 61.4 Å². The summed E-state index contributed by atoms with van der Waals surface area (Å²) in [5, 5.41) is 3.40. The Morgan fingerprint density at radius 3 is 2.66 bits per heavy atom. The van der Waals surface area contributed by atoms with Crippen LogP contribution < -0.4 is 20.2 Å². The fraction of sp³-hybridized carbons (Fsp3) is 0.167. The Balaban J connectivity index is 1.65. The van der Waals surface area contributed by atoms with Crippen molar-refractivity contribution in [3.63, 3.8) is 0 Å². The van der Waals surface area contributed by atoms with Gasteiger partial charge in [-0.3, -0.25) is 9.59 Å². The average molecular weight is 454 g/mol. The number of nitrogens with one attached hydrogen (secondary N) is 1. The van der Waals surface area contributed by atoms with Crippen LogP contribution in [0.5, 0.6) is 11.5 Å². The molecule has 8 heteroatoms. The predicted octanol–water partition coefficient (Wildman–Crippen LogP) is 5.35. The first kappa shape index (κ1) is 21.5.